The number of methoxy groups -OCH3 is 1. The highest BCUT2D eigenvalue weighted by Crippen LogP contribution is 2.34. The lowest BCUT2D eigenvalue weighted by Crippen LogP contribution is -1.96. The SMILES string of the molecule is COc1cc(Sc2nncn2C)c(F)cc1N. The fourth-order valence-corrected chi connectivity index (χ4v) is 2.07. The molecule has 0 radical (unpaired) electrons. The Morgan fingerprint density at radius 3 is 2.82 bits per heavy atom. The molecule has 0 aliphatic rings. The highest BCUT2D eigenvalue weighted by atomic mass is 32.2. The van der Waals surface area contributed by atoms with Gasteiger partial charge in [-0.15, -0.1) is 10.2 Å². The zero-order chi connectivity index (χ0) is 12.4. The highest BCUT2D eigenvalue weighted by Gasteiger charge is 2.12. The van der Waals surface area contributed by atoms with Gasteiger partial charge < -0.3 is 15.0 Å². The predicted octanol–water partition coefficient (Wildman–Crippen LogP) is 1.70. The number of hydrogen-bond donors (Lipinski definition) is 1. The zero-order valence-electron chi connectivity index (χ0n) is 9.35. The fourth-order valence-electron chi connectivity index (χ4n) is 1.27. The first-order valence-electron chi connectivity index (χ1n) is 4.76. The molecule has 0 spiro atoms. The molecule has 0 atom stereocenters. The van der Waals surface area contributed by atoms with Crippen LogP contribution in [0.3, 0.4) is 0 Å². The number of ether oxygens (including phenoxy) is 1. The summed E-state index contributed by atoms with van der Waals surface area (Å²) in [5.41, 5.74) is 5.87. The molecule has 1 aromatic heterocycles. The highest BCUT2D eigenvalue weighted by molar-refractivity contribution is 7.99. The summed E-state index contributed by atoms with van der Waals surface area (Å²) in [7, 11) is 3.27. The Hall–Kier alpha value is -1.76. The smallest absolute Gasteiger partial charge is 0.195 e. The molecule has 0 aliphatic heterocycles. The molecule has 7 heteroatoms. The minimum absolute atomic E-state index is 0.271. The van der Waals surface area contributed by atoms with Crippen molar-refractivity contribution in [3.63, 3.8) is 0 Å². The average Bonchev–Trinajstić information content (AvgIpc) is 2.68. The molecule has 2 rings (SSSR count). The van der Waals surface area contributed by atoms with E-state index in [4.69, 9.17) is 10.5 Å². The van der Waals surface area contributed by atoms with Crippen molar-refractivity contribution in [2.24, 2.45) is 7.05 Å². The van der Waals surface area contributed by atoms with Crippen molar-refractivity contribution in [3.05, 3.63) is 24.3 Å². The number of nitrogens with two attached hydrogens (primary N) is 1. The van der Waals surface area contributed by atoms with Crippen LogP contribution in [0.4, 0.5) is 10.1 Å². The van der Waals surface area contributed by atoms with E-state index < -0.39 is 5.82 Å². The van der Waals surface area contributed by atoms with Gasteiger partial charge in [0.05, 0.1) is 17.7 Å². The summed E-state index contributed by atoms with van der Waals surface area (Å²) in [5.74, 6) is 0.0346. The minimum Gasteiger partial charge on any atom is -0.495 e. The molecule has 1 heterocycles. The van der Waals surface area contributed by atoms with Crippen molar-refractivity contribution < 1.29 is 9.13 Å². The predicted molar refractivity (Wildman–Crippen MR) is 62.5 cm³/mol. The summed E-state index contributed by atoms with van der Waals surface area (Å²) < 4.78 is 20.4. The Kier molecular flexibility index (Phi) is 3.19. The third kappa shape index (κ3) is 2.33. The molecule has 0 saturated carbocycles. The van der Waals surface area contributed by atoms with E-state index in [0.717, 1.165) is 11.8 Å². The van der Waals surface area contributed by atoms with Crippen LogP contribution in [0.5, 0.6) is 5.75 Å². The fraction of sp³-hybridized carbons (Fsp3) is 0.200. The number of hydrogen-bond acceptors (Lipinski definition) is 5. The van der Waals surface area contributed by atoms with E-state index in [1.807, 2.05) is 0 Å². The Balaban J connectivity index is 2.36. The average molecular weight is 254 g/mol. The minimum atomic E-state index is -0.406. The van der Waals surface area contributed by atoms with Crippen LogP contribution >= 0.6 is 11.8 Å². The Morgan fingerprint density at radius 2 is 2.24 bits per heavy atom. The zero-order valence-corrected chi connectivity index (χ0v) is 10.2. The molecule has 0 amide bonds. The van der Waals surface area contributed by atoms with Gasteiger partial charge in [0, 0.05) is 13.1 Å². The first kappa shape index (κ1) is 11.7. The van der Waals surface area contributed by atoms with Gasteiger partial charge in [0.1, 0.15) is 17.9 Å². The van der Waals surface area contributed by atoms with E-state index in [9.17, 15) is 4.39 Å². The third-order valence-electron chi connectivity index (χ3n) is 2.16. The second-order valence-electron chi connectivity index (χ2n) is 3.35. The maximum absolute atomic E-state index is 13.7. The van der Waals surface area contributed by atoms with E-state index >= 15 is 0 Å². The normalized spacial score (nSPS) is 10.5. The summed E-state index contributed by atoms with van der Waals surface area (Å²) in [5, 5.41) is 8.18. The molecule has 0 aliphatic carbocycles. The van der Waals surface area contributed by atoms with E-state index in [2.05, 4.69) is 10.2 Å². The van der Waals surface area contributed by atoms with Gasteiger partial charge in [-0.2, -0.15) is 0 Å². The number of rotatable bonds is 3. The first-order chi connectivity index (χ1) is 8.11. The van der Waals surface area contributed by atoms with Gasteiger partial charge in [-0.1, -0.05) is 0 Å². The second-order valence-corrected chi connectivity index (χ2v) is 4.36. The molecule has 5 nitrogen and oxygen atoms in total. The van der Waals surface area contributed by atoms with E-state index in [-0.39, 0.29) is 5.69 Å². The molecule has 90 valence electrons. The van der Waals surface area contributed by atoms with Gasteiger partial charge in [0.2, 0.25) is 0 Å². The molecule has 0 fully saturated rings. The molecule has 0 bridgehead atoms. The van der Waals surface area contributed by atoms with E-state index in [1.54, 1.807) is 24.0 Å². The number of nitrogen functional groups attached to an aromatic ring is 1. The van der Waals surface area contributed by atoms with Crippen molar-refractivity contribution in [2.75, 3.05) is 12.8 Å². The van der Waals surface area contributed by atoms with Gasteiger partial charge in [-0.05, 0) is 17.8 Å². The van der Waals surface area contributed by atoms with Crippen molar-refractivity contribution in [1.29, 1.82) is 0 Å². The largest absolute Gasteiger partial charge is 0.495 e. The topological polar surface area (TPSA) is 66.0 Å². The monoisotopic (exact) mass is 254 g/mol. The lowest BCUT2D eigenvalue weighted by Gasteiger charge is -2.08. The Labute approximate surface area is 102 Å². The van der Waals surface area contributed by atoms with E-state index in [1.165, 1.54) is 13.2 Å². The van der Waals surface area contributed by atoms with Crippen LogP contribution in [0.2, 0.25) is 0 Å². The maximum Gasteiger partial charge on any atom is 0.195 e. The lowest BCUT2D eigenvalue weighted by molar-refractivity contribution is 0.414. The molecule has 17 heavy (non-hydrogen) atoms. The van der Waals surface area contributed by atoms with E-state index in [0.29, 0.717) is 15.8 Å². The molecule has 0 saturated heterocycles. The van der Waals surface area contributed by atoms with Crippen molar-refractivity contribution >= 4 is 17.4 Å². The Bertz CT molecular complexity index is 543. The van der Waals surface area contributed by atoms with Crippen LogP contribution in [0, 0.1) is 5.82 Å². The summed E-state index contributed by atoms with van der Waals surface area (Å²) in [6, 6.07) is 2.78. The van der Waals surface area contributed by atoms with Crippen molar-refractivity contribution in [3.8, 4) is 5.75 Å². The molecule has 2 aromatic rings. The number of anilines is 1. The Morgan fingerprint density at radius 1 is 1.47 bits per heavy atom. The molecule has 2 N–H and O–H groups in total. The van der Waals surface area contributed by atoms with Gasteiger partial charge >= 0.3 is 0 Å². The van der Waals surface area contributed by atoms with Crippen molar-refractivity contribution in [2.45, 2.75) is 10.1 Å². The quantitative estimate of drug-likeness (QED) is 0.844. The van der Waals surface area contributed by atoms with Gasteiger partial charge in [-0.25, -0.2) is 4.39 Å². The number of halogens is 1. The van der Waals surface area contributed by atoms with Crippen LogP contribution in [-0.2, 0) is 7.05 Å². The lowest BCUT2D eigenvalue weighted by atomic mass is 10.3. The number of aryl methyl sites for hydroxylation is 1. The maximum atomic E-state index is 13.7. The third-order valence-corrected chi connectivity index (χ3v) is 3.24. The van der Waals surface area contributed by atoms with Crippen LogP contribution in [0.1, 0.15) is 0 Å². The first-order valence-corrected chi connectivity index (χ1v) is 5.58. The molecule has 1 aromatic carbocycles. The van der Waals surface area contributed by atoms with Crippen LogP contribution < -0.4 is 10.5 Å². The van der Waals surface area contributed by atoms with Crippen LogP contribution in [0.15, 0.2) is 28.5 Å². The van der Waals surface area contributed by atoms with Gasteiger partial charge in [0.25, 0.3) is 0 Å². The van der Waals surface area contributed by atoms with Crippen molar-refractivity contribution in [1.82, 2.24) is 14.8 Å². The molecular formula is C10H11FN4OS. The summed E-state index contributed by atoms with van der Waals surface area (Å²) in [6.07, 6.45) is 1.55. The standard InChI is InChI=1S/C10H11FN4OS/c1-15-5-13-14-10(15)17-9-4-8(16-2)7(12)3-6(9)11/h3-5H,12H2,1-2H3. The number of benzene rings is 1. The summed E-state index contributed by atoms with van der Waals surface area (Å²) in [4.78, 5) is 0.396. The number of nitrogens with zero attached hydrogens (tertiary/aromatic N) is 3. The number of aromatic nitrogens is 3. The van der Waals surface area contributed by atoms with Gasteiger partial charge in [0.15, 0.2) is 5.16 Å². The summed E-state index contributed by atoms with van der Waals surface area (Å²) >= 11 is 1.16. The summed E-state index contributed by atoms with van der Waals surface area (Å²) in [6.45, 7) is 0. The van der Waals surface area contributed by atoms with Crippen LogP contribution in [0.25, 0.3) is 0 Å². The second kappa shape index (κ2) is 4.62. The van der Waals surface area contributed by atoms with Gasteiger partial charge in [-0.3, -0.25) is 0 Å². The molecule has 0 unspecified atom stereocenters. The van der Waals surface area contributed by atoms with Crippen LogP contribution in [-0.4, -0.2) is 21.9 Å². The molecular weight excluding hydrogens is 243 g/mol.